The van der Waals surface area contributed by atoms with Gasteiger partial charge in [-0.25, -0.2) is 8.78 Å². The van der Waals surface area contributed by atoms with E-state index in [1.54, 1.807) is 29.2 Å². The van der Waals surface area contributed by atoms with Crippen molar-refractivity contribution in [3.63, 3.8) is 0 Å². The van der Waals surface area contributed by atoms with Gasteiger partial charge in [0.15, 0.2) is 0 Å². The van der Waals surface area contributed by atoms with Crippen molar-refractivity contribution < 1.29 is 8.78 Å². The molecule has 5 heteroatoms. The Balaban J connectivity index is 2.44. The summed E-state index contributed by atoms with van der Waals surface area (Å²) in [7, 11) is 0. The summed E-state index contributed by atoms with van der Waals surface area (Å²) in [5.41, 5.74) is 6.54. The normalized spacial score (nSPS) is 10.3. The lowest BCUT2D eigenvalue weighted by Crippen LogP contribution is -2.18. The van der Waals surface area contributed by atoms with E-state index in [9.17, 15) is 8.78 Å². The SMILES string of the molecule is CCN(c1cccc(F)c1)c1ccc(C(=N)N)cc1F. The van der Waals surface area contributed by atoms with E-state index < -0.39 is 5.82 Å². The minimum atomic E-state index is -0.496. The molecule has 0 saturated carbocycles. The summed E-state index contributed by atoms with van der Waals surface area (Å²) in [4.78, 5) is 1.66. The first kappa shape index (κ1) is 14.0. The number of nitrogens with one attached hydrogen (secondary N) is 1. The van der Waals surface area contributed by atoms with E-state index in [-0.39, 0.29) is 11.7 Å². The van der Waals surface area contributed by atoms with E-state index in [0.717, 1.165) is 0 Å². The number of nitrogens with zero attached hydrogens (tertiary/aromatic N) is 1. The van der Waals surface area contributed by atoms with Crippen LogP contribution in [0.1, 0.15) is 12.5 Å². The van der Waals surface area contributed by atoms with Crippen molar-refractivity contribution in [2.24, 2.45) is 5.73 Å². The molecule has 0 aliphatic carbocycles. The minimum Gasteiger partial charge on any atom is -0.384 e. The number of hydrogen-bond acceptors (Lipinski definition) is 2. The molecule has 2 aromatic rings. The monoisotopic (exact) mass is 275 g/mol. The zero-order chi connectivity index (χ0) is 14.7. The number of benzene rings is 2. The molecule has 3 nitrogen and oxygen atoms in total. The van der Waals surface area contributed by atoms with E-state index >= 15 is 0 Å². The number of halogens is 2. The van der Waals surface area contributed by atoms with Crippen LogP contribution in [-0.4, -0.2) is 12.4 Å². The first-order chi connectivity index (χ1) is 9.52. The maximum atomic E-state index is 14.1. The van der Waals surface area contributed by atoms with Gasteiger partial charge in [0.25, 0.3) is 0 Å². The van der Waals surface area contributed by atoms with Crippen LogP contribution in [0.3, 0.4) is 0 Å². The second-order valence-corrected chi connectivity index (χ2v) is 4.30. The fourth-order valence-electron chi connectivity index (χ4n) is 2.03. The van der Waals surface area contributed by atoms with Crippen molar-refractivity contribution in [1.29, 1.82) is 5.41 Å². The van der Waals surface area contributed by atoms with Crippen LogP contribution in [0.5, 0.6) is 0 Å². The van der Waals surface area contributed by atoms with Gasteiger partial charge in [-0.1, -0.05) is 6.07 Å². The number of anilines is 2. The molecule has 2 rings (SSSR count). The molecule has 104 valence electrons. The summed E-state index contributed by atoms with van der Waals surface area (Å²) in [5.74, 6) is -1.06. The first-order valence-electron chi connectivity index (χ1n) is 6.20. The second kappa shape index (κ2) is 5.69. The van der Waals surface area contributed by atoms with Gasteiger partial charge in [-0.15, -0.1) is 0 Å². The molecule has 0 radical (unpaired) electrons. The Morgan fingerprint density at radius 1 is 1.20 bits per heavy atom. The van der Waals surface area contributed by atoms with Gasteiger partial charge in [0.05, 0.1) is 5.69 Å². The predicted octanol–water partition coefficient (Wildman–Crippen LogP) is 3.41. The molecule has 20 heavy (non-hydrogen) atoms. The number of rotatable bonds is 4. The van der Waals surface area contributed by atoms with E-state index in [1.165, 1.54) is 18.2 Å². The lowest BCUT2D eigenvalue weighted by Gasteiger charge is -2.24. The van der Waals surface area contributed by atoms with Crippen molar-refractivity contribution >= 4 is 17.2 Å². The zero-order valence-corrected chi connectivity index (χ0v) is 11.0. The Hall–Kier alpha value is -2.43. The van der Waals surface area contributed by atoms with Gasteiger partial charge in [0, 0.05) is 17.8 Å². The van der Waals surface area contributed by atoms with Crippen molar-refractivity contribution in [3.05, 3.63) is 59.7 Å². The average Bonchev–Trinajstić information content (AvgIpc) is 2.41. The Labute approximate surface area is 116 Å². The third-order valence-electron chi connectivity index (χ3n) is 2.99. The highest BCUT2D eigenvalue weighted by Crippen LogP contribution is 2.28. The van der Waals surface area contributed by atoms with Gasteiger partial charge in [-0.3, -0.25) is 5.41 Å². The quantitative estimate of drug-likeness (QED) is 0.663. The molecule has 0 amide bonds. The molecule has 0 aromatic heterocycles. The third-order valence-corrected chi connectivity index (χ3v) is 2.99. The highest BCUT2D eigenvalue weighted by Gasteiger charge is 2.13. The molecule has 3 N–H and O–H groups in total. The Morgan fingerprint density at radius 2 is 1.95 bits per heavy atom. The Kier molecular flexibility index (Phi) is 3.98. The molecule has 0 aliphatic heterocycles. The molecular weight excluding hydrogens is 260 g/mol. The number of nitrogen functional groups attached to an aromatic ring is 1. The standard InChI is InChI=1S/C15H15F2N3/c1-2-20(12-5-3-4-11(16)9-12)14-7-6-10(15(18)19)8-13(14)17/h3-9H,2H2,1H3,(H3,18,19). The highest BCUT2D eigenvalue weighted by molar-refractivity contribution is 5.95. The van der Waals surface area contributed by atoms with Crippen molar-refractivity contribution in [2.45, 2.75) is 6.92 Å². The highest BCUT2D eigenvalue weighted by atomic mass is 19.1. The van der Waals surface area contributed by atoms with Gasteiger partial charge in [-0.05, 0) is 43.3 Å². The number of amidine groups is 1. The first-order valence-corrected chi connectivity index (χ1v) is 6.20. The largest absolute Gasteiger partial charge is 0.384 e. The molecule has 0 heterocycles. The van der Waals surface area contributed by atoms with E-state index in [4.69, 9.17) is 11.1 Å². The Bertz CT molecular complexity index is 641. The van der Waals surface area contributed by atoms with Crippen LogP contribution in [0.15, 0.2) is 42.5 Å². The molecular formula is C15H15F2N3. The van der Waals surface area contributed by atoms with Crippen LogP contribution in [-0.2, 0) is 0 Å². The van der Waals surface area contributed by atoms with Gasteiger partial charge in [-0.2, -0.15) is 0 Å². The molecule has 2 aromatic carbocycles. The fourth-order valence-corrected chi connectivity index (χ4v) is 2.03. The van der Waals surface area contributed by atoms with Crippen LogP contribution in [0.4, 0.5) is 20.2 Å². The molecule has 0 fully saturated rings. The predicted molar refractivity (Wildman–Crippen MR) is 76.5 cm³/mol. The summed E-state index contributed by atoms with van der Waals surface area (Å²) in [5, 5.41) is 7.29. The van der Waals surface area contributed by atoms with E-state index in [2.05, 4.69) is 0 Å². The van der Waals surface area contributed by atoms with Crippen LogP contribution in [0.2, 0.25) is 0 Å². The van der Waals surface area contributed by atoms with Gasteiger partial charge in [0.2, 0.25) is 0 Å². The van der Waals surface area contributed by atoms with Gasteiger partial charge in [0.1, 0.15) is 17.5 Å². The zero-order valence-electron chi connectivity index (χ0n) is 11.0. The number of nitrogens with two attached hydrogens (primary N) is 1. The van der Waals surface area contributed by atoms with Crippen molar-refractivity contribution in [2.75, 3.05) is 11.4 Å². The molecule has 0 bridgehead atoms. The summed E-state index contributed by atoms with van der Waals surface area (Å²) < 4.78 is 27.4. The summed E-state index contributed by atoms with van der Waals surface area (Å²) >= 11 is 0. The van der Waals surface area contributed by atoms with E-state index in [1.807, 2.05) is 6.92 Å². The average molecular weight is 275 g/mol. The fraction of sp³-hybridized carbons (Fsp3) is 0.133. The number of hydrogen-bond donors (Lipinski definition) is 2. The van der Waals surface area contributed by atoms with Crippen LogP contribution < -0.4 is 10.6 Å². The summed E-state index contributed by atoms with van der Waals surface area (Å²) in [6.45, 7) is 2.34. The lowest BCUT2D eigenvalue weighted by molar-refractivity contribution is 0.621. The summed E-state index contributed by atoms with van der Waals surface area (Å²) in [6, 6.07) is 10.3. The van der Waals surface area contributed by atoms with E-state index in [0.29, 0.717) is 23.5 Å². The minimum absolute atomic E-state index is 0.191. The molecule has 0 saturated heterocycles. The van der Waals surface area contributed by atoms with Crippen LogP contribution in [0.25, 0.3) is 0 Å². The van der Waals surface area contributed by atoms with Gasteiger partial charge < -0.3 is 10.6 Å². The second-order valence-electron chi connectivity index (χ2n) is 4.30. The molecule has 0 aliphatic rings. The molecule has 0 spiro atoms. The topological polar surface area (TPSA) is 53.1 Å². The smallest absolute Gasteiger partial charge is 0.147 e. The van der Waals surface area contributed by atoms with Crippen LogP contribution >= 0.6 is 0 Å². The van der Waals surface area contributed by atoms with Crippen LogP contribution in [0, 0.1) is 17.0 Å². The van der Waals surface area contributed by atoms with Gasteiger partial charge >= 0.3 is 0 Å². The summed E-state index contributed by atoms with van der Waals surface area (Å²) in [6.07, 6.45) is 0. The maximum absolute atomic E-state index is 14.1. The third kappa shape index (κ3) is 2.77. The molecule has 0 atom stereocenters. The van der Waals surface area contributed by atoms with Crippen molar-refractivity contribution in [1.82, 2.24) is 0 Å². The Morgan fingerprint density at radius 3 is 2.50 bits per heavy atom. The lowest BCUT2D eigenvalue weighted by atomic mass is 10.1. The van der Waals surface area contributed by atoms with Crippen molar-refractivity contribution in [3.8, 4) is 0 Å². The maximum Gasteiger partial charge on any atom is 0.147 e. The molecule has 0 unspecified atom stereocenters.